The van der Waals surface area contributed by atoms with Crippen molar-refractivity contribution in [3.63, 3.8) is 0 Å². The van der Waals surface area contributed by atoms with E-state index >= 15 is 0 Å². The van der Waals surface area contributed by atoms with Crippen molar-refractivity contribution in [1.29, 1.82) is 0 Å². The van der Waals surface area contributed by atoms with Crippen molar-refractivity contribution >= 4 is 0 Å². The van der Waals surface area contributed by atoms with E-state index in [0.29, 0.717) is 30.4 Å². The smallest absolute Gasteiger partial charge is 0.160 e. The predicted octanol–water partition coefficient (Wildman–Crippen LogP) is 0.602. The van der Waals surface area contributed by atoms with Crippen LogP contribution in [0.3, 0.4) is 0 Å². The average Bonchev–Trinajstić information content (AvgIpc) is 2.57. The molecule has 6 heteroatoms. The molecule has 1 heterocycles. The van der Waals surface area contributed by atoms with Crippen LogP contribution >= 0.6 is 0 Å². The van der Waals surface area contributed by atoms with Crippen LogP contribution < -0.4 is 0 Å². The first-order valence-electron chi connectivity index (χ1n) is 7.99. The summed E-state index contributed by atoms with van der Waals surface area (Å²) in [5.41, 5.74) is 1.20. The second-order valence-corrected chi connectivity index (χ2v) is 6.09. The van der Waals surface area contributed by atoms with E-state index in [2.05, 4.69) is 11.8 Å². The number of aliphatic hydroxyl groups is 3. The first-order chi connectivity index (χ1) is 11.4. The molecule has 1 aromatic rings. The third-order valence-electron chi connectivity index (χ3n) is 4.37. The number of aromatic hydroxyl groups is 2. The van der Waals surface area contributed by atoms with Crippen LogP contribution in [0.4, 0.5) is 0 Å². The molecule has 0 aliphatic carbocycles. The van der Waals surface area contributed by atoms with Crippen LogP contribution in [0, 0.1) is 18.8 Å². The van der Waals surface area contributed by atoms with Crippen LogP contribution in [0.1, 0.15) is 30.9 Å². The van der Waals surface area contributed by atoms with Gasteiger partial charge in [-0.15, -0.1) is 5.92 Å². The van der Waals surface area contributed by atoms with Gasteiger partial charge in [-0.3, -0.25) is 0 Å². The Kier molecular flexibility index (Phi) is 6.08. The summed E-state index contributed by atoms with van der Waals surface area (Å²) >= 11 is 0. The number of aliphatic hydroxyl groups excluding tert-OH is 3. The number of hydrogen-bond acceptors (Lipinski definition) is 6. The van der Waals surface area contributed by atoms with E-state index < -0.39 is 30.5 Å². The number of hydrogen-bond donors (Lipinski definition) is 5. The van der Waals surface area contributed by atoms with Crippen molar-refractivity contribution < 1.29 is 30.3 Å². The van der Waals surface area contributed by atoms with Crippen LogP contribution in [0.2, 0.25) is 0 Å². The largest absolute Gasteiger partial charge is 0.504 e. The van der Waals surface area contributed by atoms with Gasteiger partial charge in [-0.1, -0.05) is 18.1 Å². The zero-order chi connectivity index (χ0) is 17.9. The Balaban J connectivity index is 1.98. The molecule has 2 rings (SSSR count). The maximum absolute atomic E-state index is 10.1. The molecule has 0 bridgehead atoms. The second kappa shape index (κ2) is 7.86. The molecule has 24 heavy (non-hydrogen) atoms. The summed E-state index contributed by atoms with van der Waals surface area (Å²) in [7, 11) is 0. The zero-order valence-electron chi connectivity index (χ0n) is 13.8. The molecular formula is C18H24O6. The standard InChI is InChI=1S/C18H24O6/c1-3-5-12-16(21)18(23)17(22)13(24-12)7-4-6-11-9-8-10(2)14(19)15(11)20/h8-9,12-13,16-23H,4,6-7H2,1-2H3/t12?,13-,16+,17?,18-/m0/s1. The molecule has 0 aromatic heterocycles. The van der Waals surface area contributed by atoms with Gasteiger partial charge in [-0.2, -0.15) is 0 Å². The summed E-state index contributed by atoms with van der Waals surface area (Å²) < 4.78 is 5.59. The number of ether oxygens (including phenoxy) is 1. The van der Waals surface area contributed by atoms with Crippen LogP contribution in [0.5, 0.6) is 11.5 Å². The van der Waals surface area contributed by atoms with E-state index in [0.717, 1.165) is 0 Å². The van der Waals surface area contributed by atoms with Gasteiger partial charge >= 0.3 is 0 Å². The van der Waals surface area contributed by atoms with Crippen molar-refractivity contribution in [2.24, 2.45) is 0 Å². The first kappa shape index (κ1) is 18.6. The van der Waals surface area contributed by atoms with Crippen molar-refractivity contribution in [2.45, 2.75) is 63.6 Å². The second-order valence-electron chi connectivity index (χ2n) is 6.09. The monoisotopic (exact) mass is 336 g/mol. The highest BCUT2D eigenvalue weighted by molar-refractivity contribution is 5.49. The molecule has 0 saturated carbocycles. The SMILES string of the molecule is CC#CC1O[C@@H](CCCc2ccc(C)c(O)c2O)C(O)[C@@H](O)[C@@H]1O. The van der Waals surface area contributed by atoms with E-state index in [1.165, 1.54) is 0 Å². The van der Waals surface area contributed by atoms with Crippen molar-refractivity contribution in [3.05, 3.63) is 23.3 Å². The fourth-order valence-corrected chi connectivity index (χ4v) is 2.87. The van der Waals surface area contributed by atoms with Gasteiger partial charge < -0.3 is 30.3 Å². The molecule has 1 aliphatic rings. The van der Waals surface area contributed by atoms with Gasteiger partial charge in [0.1, 0.15) is 24.4 Å². The van der Waals surface area contributed by atoms with E-state index in [-0.39, 0.29) is 11.5 Å². The molecule has 2 unspecified atom stereocenters. The lowest BCUT2D eigenvalue weighted by Gasteiger charge is -2.38. The molecule has 0 spiro atoms. The Hall–Kier alpha value is -1.78. The van der Waals surface area contributed by atoms with E-state index in [9.17, 15) is 25.5 Å². The van der Waals surface area contributed by atoms with Crippen LogP contribution in [-0.2, 0) is 11.2 Å². The average molecular weight is 336 g/mol. The van der Waals surface area contributed by atoms with Gasteiger partial charge in [0.2, 0.25) is 0 Å². The molecule has 5 atom stereocenters. The van der Waals surface area contributed by atoms with Crippen LogP contribution in [0.15, 0.2) is 12.1 Å². The Morgan fingerprint density at radius 2 is 1.75 bits per heavy atom. The highest BCUT2D eigenvalue weighted by atomic mass is 16.5. The zero-order valence-corrected chi connectivity index (χ0v) is 13.8. The number of benzene rings is 1. The summed E-state index contributed by atoms with van der Waals surface area (Å²) in [4.78, 5) is 0. The number of phenols is 2. The fraction of sp³-hybridized carbons (Fsp3) is 0.556. The van der Waals surface area contributed by atoms with Gasteiger partial charge in [0.05, 0.1) is 6.10 Å². The molecule has 0 radical (unpaired) electrons. The maximum atomic E-state index is 10.1. The van der Waals surface area contributed by atoms with Gasteiger partial charge in [0.15, 0.2) is 11.5 Å². The highest BCUT2D eigenvalue weighted by Gasteiger charge is 2.42. The number of aryl methyl sites for hydroxylation is 2. The Bertz CT molecular complexity index is 632. The molecule has 1 fully saturated rings. The summed E-state index contributed by atoms with van der Waals surface area (Å²) in [6, 6.07) is 3.47. The molecule has 0 amide bonds. The summed E-state index contributed by atoms with van der Waals surface area (Å²) in [6.45, 7) is 3.31. The topological polar surface area (TPSA) is 110 Å². The third-order valence-corrected chi connectivity index (χ3v) is 4.37. The van der Waals surface area contributed by atoms with E-state index in [1.807, 2.05) is 0 Å². The van der Waals surface area contributed by atoms with E-state index in [4.69, 9.17) is 4.74 Å². The van der Waals surface area contributed by atoms with Crippen molar-refractivity contribution in [3.8, 4) is 23.3 Å². The van der Waals surface area contributed by atoms with Gasteiger partial charge in [-0.25, -0.2) is 0 Å². The van der Waals surface area contributed by atoms with E-state index in [1.54, 1.807) is 26.0 Å². The molecule has 6 nitrogen and oxygen atoms in total. The van der Waals surface area contributed by atoms with Crippen molar-refractivity contribution in [1.82, 2.24) is 0 Å². The minimum Gasteiger partial charge on any atom is -0.504 e. The molecule has 1 aliphatic heterocycles. The van der Waals surface area contributed by atoms with Gasteiger partial charge in [0, 0.05) is 0 Å². The molecule has 1 saturated heterocycles. The molecule has 1 aromatic carbocycles. The number of phenolic OH excluding ortho intramolecular Hbond substituents is 2. The molecule has 5 N–H and O–H groups in total. The van der Waals surface area contributed by atoms with Crippen molar-refractivity contribution in [2.75, 3.05) is 0 Å². The highest BCUT2D eigenvalue weighted by Crippen LogP contribution is 2.33. The minimum atomic E-state index is -1.31. The Morgan fingerprint density at radius 3 is 2.42 bits per heavy atom. The summed E-state index contributed by atoms with van der Waals surface area (Å²) in [6.07, 6.45) is -3.79. The third kappa shape index (κ3) is 3.82. The lowest BCUT2D eigenvalue weighted by atomic mass is 9.91. The minimum absolute atomic E-state index is 0.127. The summed E-state index contributed by atoms with van der Waals surface area (Å²) in [5, 5.41) is 49.5. The molecular weight excluding hydrogens is 312 g/mol. The summed E-state index contributed by atoms with van der Waals surface area (Å²) in [5.74, 6) is 5.06. The lowest BCUT2D eigenvalue weighted by Crippen LogP contribution is -2.57. The Labute approximate surface area is 141 Å². The lowest BCUT2D eigenvalue weighted by molar-refractivity contribution is -0.208. The fourth-order valence-electron chi connectivity index (χ4n) is 2.87. The molecule has 132 valence electrons. The quantitative estimate of drug-likeness (QED) is 0.407. The van der Waals surface area contributed by atoms with Gasteiger partial charge in [0.25, 0.3) is 0 Å². The maximum Gasteiger partial charge on any atom is 0.160 e. The van der Waals surface area contributed by atoms with Crippen LogP contribution in [-0.4, -0.2) is 56.1 Å². The normalized spacial score (nSPS) is 29.8. The van der Waals surface area contributed by atoms with Crippen LogP contribution in [0.25, 0.3) is 0 Å². The van der Waals surface area contributed by atoms with Gasteiger partial charge in [-0.05, 0) is 44.2 Å². The Morgan fingerprint density at radius 1 is 1.04 bits per heavy atom. The predicted molar refractivity (Wildman–Crippen MR) is 87.6 cm³/mol. The number of rotatable bonds is 4. The first-order valence-corrected chi connectivity index (χ1v) is 7.99.